The van der Waals surface area contributed by atoms with Crippen molar-refractivity contribution < 1.29 is 4.79 Å². The Balaban J connectivity index is 1.64. The summed E-state index contributed by atoms with van der Waals surface area (Å²) in [5, 5.41) is 8.07. The van der Waals surface area contributed by atoms with Gasteiger partial charge < -0.3 is 5.32 Å². The molecule has 0 bridgehead atoms. The third-order valence-corrected chi connectivity index (χ3v) is 7.13. The number of hydrogen-bond donors (Lipinski definition) is 1. The summed E-state index contributed by atoms with van der Waals surface area (Å²) in [6.07, 6.45) is 13.6. The number of nitrogens with one attached hydrogen (secondary N) is 1. The summed E-state index contributed by atoms with van der Waals surface area (Å²) in [5.41, 5.74) is 4.38. The molecule has 3 aromatic rings. The average molecular weight is 479 g/mol. The van der Waals surface area contributed by atoms with Crippen LogP contribution in [0.1, 0.15) is 76.6 Å². The molecular weight excluding hydrogens is 440 g/mol. The Kier molecular flexibility index (Phi) is 7.57. The number of ketones is 1. The van der Waals surface area contributed by atoms with Gasteiger partial charge in [0, 0.05) is 44.5 Å². The first-order chi connectivity index (χ1) is 16.8. The monoisotopic (exact) mass is 478 g/mol. The maximum atomic E-state index is 13.6. The third kappa shape index (κ3) is 5.57. The van der Waals surface area contributed by atoms with Crippen molar-refractivity contribution >= 4 is 22.8 Å². The van der Waals surface area contributed by atoms with Crippen LogP contribution in [0.3, 0.4) is 0 Å². The summed E-state index contributed by atoms with van der Waals surface area (Å²) in [7, 11) is 1.91. The summed E-state index contributed by atoms with van der Waals surface area (Å²) in [5.74, 6) is 1.16. The fourth-order valence-electron chi connectivity index (χ4n) is 4.84. The van der Waals surface area contributed by atoms with E-state index in [-0.39, 0.29) is 11.5 Å². The van der Waals surface area contributed by atoms with E-state index < -0.39 is 0 Å². The molecule has 0 amide bonds. The topological polar surface area (TPSA) is 86.2 Å². The first-order valence-corrected chi connectivity index (χ1v) is 12.9. The van der Waals surface area contributed by atoms with Crippen molar-refractivity contribution in [3.63, 3.8) is 0 Å². The zero-order valence-corrected chi connectivity index (χ0v) is 21.5. The Morgan fingerprint density at radius 1 is 1.26 bits per heavy atom. The number of aryl methyl sites for hydroxylation is 2. The number of fused-ring (bicyclic) bond motifs is 1. The Morgan fingerprint density at radius 3 is 2.69 bits per heavy atom. The number of carbonyl (C=O) groups excluding carboxylic acids is 1. The lowest BCUT2D eigenvalue weighted by atomic mass is 9.92. The highest BCUT2D eigenvalue weighted by atomic mass is 16.1. The predicted octanol–water partition coefficient (Wildman–Crippen LogP) is 5.00. The lowest BCUT2D eigenvalue weighted by molar-refractivity contribution is -0.115. The van der Waals surface area contributed by atoms with Gasteiger partial charge in [-0.25, -0.2) is 14.2 Å². The molecule has 0 radical (unpaired) electrons. The van der Waals surface area contributed by atoms with E-state index in [1.54, 1.807) is 9.08 Å². The van der Waals surface area contributed by atoms with Crippen LogP contribution < -0.4 is 11.0 Å². The molecule has 3 heterocycles. The van der Waals surface area contributed by atoms with Crippen LogP contribution in [0.4, 0.5) is 11.4 Å². The molecule has 8 heteroatoms. The Morgan fingerprint density at radius 2 is 2.03 bits per heavy atom. The first-order valence-electron chi connectivity index (χ1n) is 12.9. The van der Waals surface area contributed by atoms with Crippen LogP contribution in [0.15, 0.2) is 36.0 Å². The number of nitrogens with zero attached hydrogens (tertiary/aromatic N) is 5. The highest BCUT2D eigenvalue weighted by Gasteiger charge is 2.29. The molecule has 8 nitrogen and oxygen atoms in total. The molecule has 2 unspecified atom stereocenters. The van der Waals surface area contributed by atoms with E-state index in [2.05, 4.69) is 42.7 Å². The van der Waals surface area contributed by atoms with Crippen molar-refractivity contribution in [2.45, 2.75) is 78.2 Å². The zero-order chi connectivity index (χ0) is 25.1. The number of carbonyl (C=O) groups is 1. The minimum Gasteiger partial charge on any atom is -0.348 e. The van der Waals surface area contributed by atoms with Crippen LogP contribution in [-0.4, -0.2) is 29.5 Å². The normalized spacial score (nSPS) is 15.3. The summed E-state index contributed by atoms with van der Waals surface area (Å²) >= 11 is 0. The lowest BCUT2D eigenvalue weighted by Crippen LogP contribution is -2.30. The number of imidazole rings is 1. The molecule has 1 fully saturated rings. The van der Waals surface area contributed by atoms with Gasteiger partial charge in [0.15, 0.2) is 11.4 Å². The van der Waals surface area contributed by atoms with E-state index in [0.29, 0.717) is 36.4 Å². The van der Waals surface area contributed by atoms with Gasteiger partial charge >= 0.3 is 5.69 Å². The molecule has 0 spiro atoms. The van der Waals surface area contributed by atoms with Gasteiger partial charge in [0.25, 0.3) is 0 Å². The lowest BCUT2D eigenvalue weighted by Gasteiger charge is -2.20. The van der Waals surface area contributed by atoms with E-state index in [4.69, 9.17) is 0 Å². The van der Waals surface area contributed by atoms with E-state index >= 15 is 0 Å². The number of hydrogen-bond acceptors (Lipinski definition) is 5. The quantitative estimate of drug-likeness (QED) is 0.349. The molecular formula is C27H38N6O2. The number of rotatable bonds is 13. The van der Waals surface area contributed by atoms with Crippen molar-refractivity contribution in [2.75, 3.05) is 5.32 Å². The fourth-order valence-corrected chi connectivity index (χ4v) is 4.84. The van der Waals surface area contributed by atoms with Crippen molar-refractivity contribution in [1.29, 1.82) is 0 Å². The van der Waals surface area contributed by atoms with Crippen LogP contribution in [0.5, 0.6) is 0 Å². The van der Waals surface area contributed by atoms with Crippen LogP contribution >= 0.6 is 0 Å². The maximum absolute atomic E-state index is 13.6. The number of allylic oxidation sites excluding steroid dienone is 1. The van der Waals surface area contributed by atoms with Gasteiger partial charge in [-0.2, -0.15) is 5.10 Å². The summed E-state index contributed by atoms with van der Waals surface area (Å²) in [4.78, 5) is 30.0. The first kappa shape index (κ1) is 24.9. The smallest absolute Gasteiger partial charge is 0.334 e. The molecule has 3 aromatic heterocycles. The van der Waals surface area contributed by atoms with Gasteiger partial charge in [0.2, 0.25) is 0 Å². The Bertz CT molecular complexity index is 1260. The zero-order valence-electron chi connectivity index (χ0n) is 21.5. The second kappa shape index (κ2) is 10.6. The van der Waals surface area contributed by atoms with E-state index in [9.17, 15) is 9.59 Å². The van der Waals surface area contributed by atoms with Crippen molar-refractivity contribution in [3.05, 3.63) is 53.1 Å². The summed E-state index contributed by atoms with van der Waals surface area (Å²) in [6, 6.07) is 0. The molecule has 1 aliphatic carbocycles. The maximum Gasteiger partial charge on any atom is 0.334 e. The van der Waals surface area contributed by atoms with E-state index in [1.807, 2.05) is 30.2 Å². The van der Waals surface area contributed by atoms with Crippen LogP contribution in [0, 0.1) is 11.8 Å². The van der Waals surface area contributed by atoms with Gasteiger partial charge in [0.05, 0.1) is 22.8 Å². The number of aromatic nitrogens is 5. The van der Waals surface area contributed by atoms with E-state index in [0.717, 1.165) is 61.3 Å². The Labute approximate surface area is 207 Å². The summed E-state index contributed by atoms with van der Waals surface area (Å²) in [6.45, 7) is 10.6. The molecule has 0 aliphatic heterocycles. The molecule has 35 heavy (non-hydrogen) atoms. The van der Waals surface area contributed by atoms with Crippen LogP contribution in [-0.2, 0) is 24.8 Å². The van der Waals surface area contributed by atoms with Crippen molar-refractivity contribution in [3.8, 4) is 0 Å². The molecule has 1 aliphatic rings. The standard InChI is InChI=1S/C27H38N6O2/c1-6-19(10-9-18(4)13-21(34)7-2)15-32-17-24(29-23-16-31(5)30-22(23)8-3)26-28-14-25(20-11-12-20)33(26)27(32)35/h7,14,16-20,29H,2,6,8-13,15H2,1,3-5H3. The SMILES string of the molecule is C=CC(=O)CC(C)CCC(CC)Cn1cc(Nc2cn(C)nc2CC)c2ncc(C3CC3)n2c1=O. The molecule has 0 aromatic carbocycles. The van der Waals surface area contributed by atoms with Gasteiger partial charge in [0.1, 0.15) is 0 Å². The fraction of sp³-hybridized carbons (Fsp3) is 0.556. The average Bonchev–Trinajstić information content (AvgIpc) is 3.48. The molecule has 1 N–H and O–H groups in total. The van der Waals surface area contributed by atoms with Crippen LogP contribution in [0.25, 0.3) is 5.65 Å². The second-order valence-corrected chi connectivity index (χ2v) is 10.1. The second-order valence-electron chi connectivity index (χ2n) is 10.1. The molecule has 188 valence electrons. The van der Waals surface area contributed by atoms with Gasteiger partial charge in [-0.15, -0.1) is 0 Å². The minimum atomic E-state index is -0.0276. The molecule has 4 rings (SSSR count). The number of anilines is 2. The third-order valence-electron chi connectivity index (χ3n) is 7.13. The van der Waals surface area contributed by atoms with Crippen molar-refractivity contribution in [2.24, 2.45) is 18.9 Å². The van der Waals surface area contributed by atoms with Gasteiger partial charge in [-0.1, -0.05) is 33.8 Å². The minimum absolute atomic E-state index is 0.0276. The summed E-state index contributed by atoms with van der Waals surface area (Å²) < 4.78 is 5.46. The predicted molar refractivity (Wildman–Crippen MR) is 139 cm³/mol. The largest absolute Gasteiger partial charge is 0.348 e. The van der Waals surface area contributed by atoms with E-state index in [1.165, 1.54) is 6.08 Å². The van der Waals surface area contributed by atoms with Crippen molar-refractivity contribution in [1.82, 2.24) is 23.7 Å². The highest BCUT2D eigenvalue weighted by Crippen LogP contribution is 2.40. The Hall–Kier alpha value is -3.16. The van der Waals surface area contributed by atoms with Gasteiger partial charge in [-0.3, -0.25) is 14.0 Å². The molecule has 2 atom stereocenters. The molecule has 1 saturated carbocycles. The molecule has 0 saturated heterocycles. The van der Waals surface area contributed by atoms with Crippen LogP contribution in [0.2, 0.25) is 0 Å². The highest BCUT2D eigenvalue weighted by molar-refractivity contribution is 5.89. The van der Waals surface area contributed by atoms with Gasteiger partial charge in [-0.05, 0) is 50.0 Å².